The van der Waals surface area contributed by atoms with Crippen LogP contribution in [-0.4, -0.2) is 15.0 Å². The molecule has 0 saturated heterocycles. The summed E-state index contributed by atoms with van der Waals surface area (Å²) in [6, 6.07) is 12.5. The molecule has 2 heterocycles. The second-order valence-electron chi connectivity index (χ2n) is 5.82. The topological polar surface area (TPSA) is 50.7 Å². The quantitative estimate of drug-likeness (QED) is 0.419. The van der Waals surface area contributed by atoms with Gasteiger partial charge in [-0.3, -0.25) is 0 Å². The standard InChI is InChI=1S/C19H13Cl2FN4S/c20-14-2-1-3-15(21)13(14)8-16-26-17-18(23-10-24-19(17)27-16)25-12-6-4-11(9-22)5-7-12/h1-7,10H,8-9H2,(H,23,24,25). The molecule has 0 aliphatic carbocycles. The van der Waals surface area contributed by atoms with Gasteiger partial charge >= 0.3 is 0 Å². The summed E-state index contributed by atoms with van der Waals surface area (Å²) in [6.45, 7) is -0.488. The van der Waals surface area contributed by atoms with Gasteiger partial charge in [-0.25, -0.2) is 19.3 Å². The number of hydrogen-bond acceptors (Lipinski definition) is 5. The summed E-state index contributed by atoms with van der Waals surface area (Å²) in [5.74, 6) is 0.598. The number of rotatable bonds is 5. The van der Waals surface area contributed by atoms with Crippen LogP contribution in [0.3, 0.4) is 0 Å². The van der Waals surface area contributed by atoms with Gasteiger partial charge in [-0.05, 0) is 35.4 Å². The van der Waals surface area contributed by atoms with Gasteiger partial charge in [0.2, 0.25) is 0 Å². The van der Waals surface area contributed by atoms with E-state index in [4.69, 9.17) is 23.2 Å². The molecule has 0 fully saturated rings. The van der Waals surface area contributed by atoms with Gasteiger partial charge in [-0.15, -0.1) is 0 Å². The number of nitrogens with one attached hydrogen (secondary N) is 1. The van der Waals surface area contributed by atoms with Crippen LogP contribution in [0.4, 0.5) is 15.9 Å². The highest BCUT2D eigenvalue weighted by Crippen LogP contribution is 2.31. The summed E-state index contributed by atoms with van der Waals surface area (Å²) in [6.07, 6.45) is 2.01. The molecule has 2 aromatic carbocycles. The van der Waals surface area contributed by atoms with Crippen LogP contribution in [0.25, 0.3) is 10.3 Å². The lowest BCUT2D eigenvalue weighted by Crippen LogP contribution is -1.96. The number of fused-ring (bicyclic) bond motifs is 1. The predicted octanol–water partition coefficient (Wildman–Crippen LogP) is 6.20. The van der Waals surface area contributed by atoms with Crippen molar-refractivity contribution in [2.24, 2.45) is 0 Å². The Morgan fingerprint density at radius 3 is 2.44 bits per heavy atom. The minimum atomic E-state index is -0.488. The van der Waals surface area contributed by atoms with Gasteiger partial charge in [0.25, 0.3) is 0 Å². The third-order valence-electron chi connectivity index (χ3n) is 4.00. The van der Waals surface area contributed by atoms with Crippen molar-refractivity contribution in [2.75, 3.05) is 5.32 Å². The van der Waals surface area contributed by atoms with Crippen LogP contribution in [-0.2, 0) is 13.1 Å². The van der Waals surface area contributed by atoms with E-state index in [1.54, 1.807) is 24.3 Å². The van der Waals surface area contributed by atoms with Gasteiger partial charge in [-0.1, -0.05) is 52.7 Å². The smallest absolute Gasteiger partial charge is 0.161 e. The fraction of sp³-hybridized carbons (Fsp3) is 0.105. The summed E-state index contributed by atoms with van der Waals surface area (Å²) < 4.78 is 12.7. The average molecular weight is 419 g/mol. The van der Waals surface area contributed by atoms with Crippen molar-refractivity contribution in [1.29, 1.82) is 0 Å². The van der Waals surface area contributed by atoms with Crippen molar-refractivity contribution in [3.8, 4) is 0 Å². The second kappa shape index (κ2) is 7.76. The summed E-state index contributed by atoms with van der Waals surface area (Å²) in [5.41, 5.74) is 2.94. The van der Waals surface area contributed by atoms with Gasteiger partial charge in [0.05, 0.1) is 0 Å². The normalized spacial score (nSPS) is 11.1. The van der Waals surface area contributed by atoms with Crippen molar-refractivity contribution in [1.82, 2.24) is 15.0 Å². The first kappa shape index (κ1) is 18.1. The van der Waals surface area contributed by atoms with E-state index in [0.29, 0.717) is 33.4 Å². The lowest BCUT2D eigenvalue weighted by atomic mass is 10.1. The van der Waals surface area contributed by atoms with Gasteiger partial charge < -0.3 is 5.32 Å². The number of nitrogens with zero attached hydrogens (tertiary/aromatic N) is 3. The lowest BCUT2D eigenvalue weighted by molar-refractivity contribution is 0.485. The highest BCUT2D eigenvalue weighted by molar-refractivity contribution is 7.18. The predicted molar refractivity (Wildman–Crippen MR) is 109 cm³/mol. The van der Waals surface area contributed by atoms with E-state index in [-0.39, 0.29) is 0 Å². The molecule has 0 amide bonds. The number of benzene rings is 2. The molecule has 0 unspecified atom stereocenters. The largest absolute Gasteiger partial charge is 0.338 e. The molecule has 1 N–H and O–H groups in total. The van der Waals surface area contributed by atoms with Crippen molar-refractivity contribution in [2.45, 2.75) is 13.1 Å². The number of aromatic nitrogens is 3. The number of hydrogen-bond donors (Lipinski definition) is 1. The molecule has 0 aliphatic heterocycles. The van der Waals surface area contributed by atoms with E-state index in [9.17, 15) is 4.39 Å². The molecule has 4 aromatic rings. The van der Waals surface area contributed by atoms with E-state index in [1.807, 2.05) is 18.2 Å². The maximum atomic E-state index is 12.7. The molecule has 4 nitrogen and oxygen atoms in total. The molecule has 0 atom stereocenters. The number of anilines is 2. The Morgan fingerprint density at radius 2 is 1.74 bits per heavy atom. The molecular formula is C19H13Cl2FN4S. The third kappa shape index (κ3) is 3.88. The van der Waals surface area contributed by atoms with Crippen LogP contribution in [0, 0.1) is 0 Å². The van der Waals surface area contributed by atoms with Crippen LogP contribution < -0.4 is 5.32 Å². The van der Waals surface area contributed by atoms with Crippen LogP contribution in [0.5, 0.6) is 0 Å². The maximum absolute atomic E-state index is 12.7. The van der Waals surface area contributed by atoms with Gasteiger partial charge in [0.1, 0.15) is 28.4 Å². The molecule has 0 spiro atoms. The average Bonchev–Trinajstić information content (AvgIpc) is 3.09. The Balaban J connectivity index is 1.65. The third-order valence-corrected chi connectivity index (χ3v) is 5.67. The van der Waals surface area contributed by atoms with Crippen molar-refractivity contribution in [3.63, 3.8) is 0 Å². The lowest BCUT2D eigenvalue weighted by Gasteiger charge is -2.06. The zero-order valence-electron chi connectivity index (χ0n) is 13.9. The van der Waals surface area contributed by atoms with E-state index >= 15 is 0 Å². The zero-order chi connectivity index (χ0) is 18.8. The van der Waals surface area contributed by atoms with Crippen LogP contribution >= 0.6 is 34.5 Å². The molecule has 0 aliphatic rings. The van der Waals surface area contributed by atoms with Crippen molar-refractivity contribution in [3.05, 3.63) is 75.0 Å². The van der Waals surface area contributed by atoms with Crippen LogP contribution in [0.15, 0.2) is 48.8 Å². The van der Waals surface area contributed by atoms with Gasteiger partial charge in [0.15, 0.2) is 5.82 Å². The minimum Gasteiger partial charge on any atom is -0.338 e. The molecular weight excluding hydrogens is 406 g/mol. The monoisotopic (exact) mass is 418 g/mol. The maximum Gasteiger partial charge on any atom is 0.161 e. The first-order valence-corrected chi connectivity index (χ1v) is 9.66. The number of thiazole rings is 1. The van der Waals surface area contributed by atoms with Crippen molar-refractivity contribution >= 4 is 56.4 Å². The Bertz CT molecular complexity index is 1080. The van der Waals surface area contributed by atoms with E-state index in [2.05, 4.69) is 20.3 Å². The van der Waals surface area contributed by atoms with Crippen molar-refractivity contribution < 1.29 is 4.39 Å². The molecule has 136 valence electrons. The molecule has 0 bridgehead atoms. The zero-order valence-corrected chi connectivity index (χ0v) is 16.2. The Labute approximate surface area is 169 Å². The summed E-state index contributed by atoms with van der Waals surface area (Å²) in [5, 5.41) is 5.28. The Hall–Kier alpha value is -2.28. The fourth-order valence-electron chi connectivity index (χ4n) is 2.63. The summed E-state index contributed by atoms with van der Waals surface area (Å²) >= 11 is 14.0. The number of halogens is 3. The molecule has 2 aromatic heterocycles. The summed E-state index contributed by atoms with van der Waals surface area (Å²) in [4.78, 5) is 14.0. The molecule has 8 heteroatoms. The Kier molecular flexibility index (Phi) is 5.20. The fourth-order valence-corrected chi connectivity index (χ4v) is 4.08. The second-order valence-corrected chi connectivity index (χ2v) is 7.69. The van der Waals surface area contributed by atoms with Crippen LogP contribution in [0.1, 0.15) is 16.1 Å². The highest BCUT2D eigenvalue weighted by atomic mass is 35.5. The highest BCUT2D eigenvalue weighted by Gasteiger charge is 2.14. The SMILES string of the molecule is FCc1ccc(Nc2ncnc3sc(Cc4c(Cl)cccc4Cl)nc23)cc1. The molecule has 0 saturated carbocycles. The van der Waals surface area contributed by atoms with E-state index in [1.165, 1.54) is 17.7 Å². The van der Waals surface area contributed by atoms with E-state index < -0.39 is 6.67 Å². The van der Waals surface area contributed by atoms with Gasteiger partial charge in [-0.2, -0.15) is 0 Å². The van der Waals surface area contributed by atoms with Crippen LogP contribution in [0.2, 0.25) is 10.0 Å². The molecule has 0 radical (unpaired) electrons. The van der Waals surface area contributed by atoms with E-state index in [0.717, 1.165) is 21.1 Å². The minimum absolute atomic E-state index is 0.488. The number of alkyl halides is 1. The Morgan fingerprint density at radius 1 is 1.00 bits per heavy atom. The first-order chi connectivity index (χ1) is 13.1. The molecule has 27 heavy (non-hydrogen) atoms. The molecule has 4 rings (SSSR count). The van der Waals surface area contributed by atoms with Gasteiger partial charge in [0, 0.05) is 22.2 Å². The summed E-state index contributed by atoms with van der Waals surface area (Å²) in [7, 11) is 0. The first-order valence-electron chi connectivity index (χ1n) is 8.09.